The molecule has 7 nitrogen and oxygen atoms in total. The maximum Gasteiger partial charge on any atom is 0.250 e. The van der Waals surface area contributed by atoms with Crippen molar-refractivity contribution in [2.45, 2.75) is 51.0 Å². The number of halogens is 2. The molecule has 3 aromatic heterocycles. The Morgan fingerprint density at radius 1 is 1.18 bits per heavy atom. The Hall–Kier alpha value is -2.65. The van der Waals surface area contributed by atoms with Crippen molar-refractivity contribution in [1.82, 2.24) is 24.8 Å². The number of hydrogen-bond acceptors (Lipinski definition) is 6. The quantitative estimate of drug-likeness (QED) is 0.601. The number of piperidine rings is 1. The molecular weight excluding hydrogens is 438 g/mol. The second-order valence-corrected chi connectivity index (χ2v) is 10.2. The van der Waals surface area contributed by atoms with Crippen molar-refractivity contribution in [3.63, 3.8) is 0 Å². The Bertz CT molecular complexity index is 1150. The van der Waals surface area contributed by atoms with Gasteiger partial charge in [0, 0.05) is 73.8 Å². The Morgan fingerprint density at radius 3 is 2.74 bits per heavy atom. The Morgan fingerprint density at radius 2 is 1.97 bits per heavy atom. The average Bonchev–Trinajstić information content (AvgIpc) is 3.29. The molecular formula is C25H32F2N6O. The van der Waals surface area contributed by atoms with E-state index in [1.165, 1.54) is 0 Å². The number of anilines is 1. The highest BCUT2D eigenvalue weighted by Crippen LogP contribution is 2.34. The van der Waals surface area contributed by atoms with Crippen molar-refractivity contribution in [2.24, 2.45) is 0 Å². The molecule has 0 bridgehead atoms. The normalized spacial score (nSPS) is 21.8. The topological polar surface area (TPSA) is 70.2 Å². The van der Waals surface area contributed by atoms with Gasteiger partial charge in [-0.3, -0.25) is 0 Å². The van der Waals surface area contributed by atoms with Crippen molar-refractivity contribution in [1.29, 1.82) is 0 Å². The van der Waals surface area contributed by atoms with Crippen molar-refractivity contribution in [3.8, 4) is 11.4 Å². The number of nitrogens with one attached hydrogen (secondary N) is 1. The third kappa shape index (κ3) is 4.63. The molecule has 0 aliphatic carbocycles. The van der Waals surface area contributed by atoms with Crippen LogP contribution in [0.4, 0.5) is 14.6 Å². The third-order valence-corrected chi connectivity index (χ3v) is 6.98. The number of alkyl halides is 2. The highest BCUT2D eigenvalue weighted by atomic mass is 19.3. The zero-order valence-electron chi connectivity index (χ0n) is 20.0. The van der Waals surface area contributed by atoms with Gasteiger partial charge in [0.2, 0.25) is 0 Å². The van der Waals surface area contributed by atoms with E-state index < -0.39 is 5.92 Å². The molecule has 5 heterocycles. The number of likely N-dealkylation sites (tertiary alicyclic amines) is 1. The van der Waals surface area contributed by atoms with Crippen LogP contribution >= 0.6 is 0 Å². The van der Waals surface area contributed by atoms with E-state index in [1.54, 1.807) is 6.20 Å². The van der Waals surface area contributed by atoms with Crippen LogP contribution in [-0.2, 0) is 10.2 Å². The third-order valence-electron chi connectivity index (χ3n) is 6.98. The van der Waals surface area contributed by atoms with Gasteiger partial charge in [0.25, 0.3) is 5.92 Å². The second-order valence-electron chi connectivity index (χ2n) is 10.2. The van der Waals surface area contributed by atoms with Crippen LogP contribution in [-0.4, -0.2) is 76.2 Å². The summed E-state index contributed by atoms with van der Waals surface area (Å²) in [5, 5.41) is 0.969. The van der Waals surface area contributed by atoms with Gasteiger partial charge in [-0.15, -0.1) is 0 Å². The minimum absolute atomic E-state index is 0.0862. The van der Waals surface area contributed by atoms with Crippen LogP contribution in [0.3, 0.4) is 0 Å². The van der Waals surface area contributed by atoms with Crippen LogP contribution in [0.25, 0.3) is 22.4 Å². The molecule has 34 heavy (non-hydrogen) atoms. The molecule has 2 aliphatic heterocycles. The Labute approximate surface area is 198 Å². The molecule has 1 atom stereocenters. The number of morpholine rings is 1. The van der Waals surface area contributed by atoms with E-state index in [0.717, 1.165) is 34.7 Å². The first-order valence-electron chi connectivity index (χ1n) is 12.0. The van der Waals surface area contributed by atoms with Gasteiger partial charge < -0.3 is 19.5 Å². The number of nitrogens with zero attached hydrogens (tertiary/aromatic N) is 5. The van der Waals surface area contributed by atoms with Gasteiger partial charge in [0.15, 0.2) is 5.82 Å². The fourth-order valence-corrected chi connectivity index (χ4v) is 4.95. The van der Waals surface area contributed by atoms with E-state index >= 15 is 0 Å². The van der Waals surface area contributed by atoms with Crippen molar-refractivity contribution >= 4 is 16.9 Å². The molecule has 3 aromatic rings. The molecule has 0 unspecified atom stereocenters. The van der Waals surface area contributed by atoms with Crippen LogP contribution < -0.4 is 4.90 Å². The van der Waals surface area contributed by atoms with Gasteiger partial charge in [0.05, 0.1) is 24.9 Å². The number of aromatic amines is 1. The van der Waals surface area contributed by atoms with E-state index in [1.807, 2.05) is 18.3 Å². The van der Waals surface area contributed by atoms with Crippen molar-refractivity contribution in [3.05, 3.63) is 36.3 Å². The number of rotatable bonds is 5. The first-order valence-corrected chi connectivity index (χ1v) is 12.0. The van der Waals surface area contributed by atoms with Crippen LogP contribution in [0.1, 0.15) is 39.3 Å². The van der Waals surface area contributed by atoms with Crippen LogP contribution in [0.2, 0.25) is 0 Å². The molecule has 0 saturated carbocycles. The summed E-state index contributed by atoms with van der Waals surface area (Å²) >= 11 is 0. The fraction of sp³-hybridized carbons (Fsp3) is 0.560. The van der Waals surface area contributed by atoms with Gasteiger partial charge in [0.1, 0.15) is 11.5 Å². The summed E-state index contributed by atoms with van der Waals surface area (Å²) in [6, 6.07) is 6.20. The number of aromatic nitrogens is 4. The Kier molecular flexibility index (Phi) is 6.02. The second kappa shape index (κ2) is 8.85. The molecule has 5 rings (SSSR count). The molecule has 0 aromatic carbocycles. The Balaban J connectivity index is 1.54. The van der Waals surface area contributed by atoms with Crippen LogP contribution in [0, 0.1) is 0 Å². The SMILES string of the molecule is C[C@@H]1COCCN1c1cc(C(C)(C)CN2CCC(F)(F)CC2)nc(-c2ccnc3[nH]ccc23)n1. The number of ether oxygens (including phenoxy) is 1. The largest absolute Gasteiger partial charge is 0.377 e. The molecule has 182 valence electrons. The summed E-state index contributed by atoms with van der Waals surface area (Å²) in [6.07, 6.45) is 3.46. The van der Waals surface area contributed by atoms with Crippen molar-refractivity contribution < 1.29 is 13.5 Å². The lowest BCUT2D eigenvalue weighted by atomic mass is 9.87. The maximum atomic E-state index is 13.7. The zero-order valence-corrected chi connectivity index (χ0v) is 20.0. The number of pyridine rings is 1. The summed E-state index contributed by atoms with van der Waals surface area (Å²) in [6.45, 7) is 9.93. The fourth-order valence-electron chi connectivity index (χ4n) is 4.95. The molecule has 2 saturated heterocycles. The van der Waals surface area contributed by atoms with Crippen LogP contribution in [0.15, 0.2) is 30.6 Å². The van der Waals surface area contributed by atoms with Gasteiger partial charge in [-0.05, 0) is 19.1 Å². The number of H-pyrrole nitrogens is 1. The molecule has 0 amide bonds. The summed E-state index contributed by atoms with van der Waals surface area (Å²) in [7, 11) is 0. The van der Waals surface area contributed by atoms with E-state index in [-0.39, 0.29) is 24.3 Å². The monoisotopic (exact) mass is 470 g/mol. The smallest absolute Gasteiger partial charge is 0.250 e. The highest BCUT2D eigenvalue weighted by Gasteiger charge is 2.37. The minimum atomic E-state index is -2.55. The minimum Gasteiger partial charge on any atom is -0.377 e. The maximum absolute atomic E-state index is 13.7. The van der Waals surface area contributed by atoms with E-state index in [4.69, 9.17) is 14.7 Å². The predicted molar refractivity (Wildman–Crippen MR) is 128 cm³/mol. The zero-order chi connectivity index (χ0) is 23.9. The number of hydrogen-bond donors (Lipinski definition) is 1. The molecule has 9 heteroatoms. The standard InChI is InChI=1S/C25H32F2N6O/c1-17-15-34-13-12-33(17)21-14-20(24(2,3)16-32-10-6-25(26,27)7-11-32)30-23(31-21)19-5-9-29-22-18(19)4-8-28-22/h4-5,8-9,14,17H,6-7,10-13,15-16H2,1-3H3,(H,28,29)/t17-/m1/s1. The van der Waals surface area contributed by atoms with Gasteiger partial charge in [-0.2, -0.15) is 0 Å². The van der Waals surface area contributed by atoms with E-state index in [2.05, 4.69) is 46.6 Å². The summed E-state index contributed by atoms with van der Waals surface area (Å²) in [4.78, 5) is 22.0. The van der Waals surface area contributed by atoms with E-state index in [0.29, 0.717) is 38.7 Å². The summed E-state index contributed by atoms with van der Waals surface area (Å²) in [5.74, 6) is -1.03. The molecule has 0 radical (unpaired) electrons. The molecule has 1 N–H and O–H groups in total. The highest BCUT2D eigenvalue weighted by molar-refractivity contribution is 5.91. The lowest BCUT2D eigenvalue weighted by molar-refractivity contribution is -0.0578. The first-order chi connectivity index (χ1) is 16.2. The molecule has 2 fully saturated rings. The van der Waals surface area contributed by atoms with Crippen LogP contribution in [0.5, 0.6) is 0 Å². The molecule has 0 spiro atoms. The summed E-state index contributed by atoms with van der Waals surface area (Å²) < 4.78 is 33.0. The lowest BCUT2D eigenvalue weighted by Crippen LogP contribution is -2.46. The van der Waals surface area contributed by atoms with Gasteiger partial charge >= 0.3 is 0 Å². The predicted octanol–water partition coefficient (Wildman–Crippen LogP) is 4.25. The number of fused-ring (bicyclic) bond motifs is 1. The van der Waals surface area contributed by atoms with Gasteiger partial charge in [-0.1, -0.05) is 13.8 Å². The summed E-state index contributed by atoms with van der Waals surface area (Å²) in [5.41, 5.74) is 2.27. The molecule has 2 aliphatic rings. The van der Waals surface area contributed by atoms with Gasteiger partial charge in [-0.25, -0.2) is 23.7 Å². The first kappa shape index (κ1) is 23.1. The average molecular weight is 471 g/mol. The van der Waals surface area contributed by atoms with Crippen molar-refractivity contribution in [2.75, 3.05) is 44.3 Å². The lowest BCUT2D eigenvalue weighted by Gasteiger charge is -2.38. The van der Waals surface area contributed by atoms with E-state index in [9.17, 15) is 8.78 Å².